The number of hydrogen-bond acceptors (Lipinski definition) is 3. The largest absolute Gasteiger partial charge is 0.310 e. The molecule has 4 rings (SSSR count). The van der Waals surface area contributed by atoms with Crippen molar-refractivity contribution in [2.24, 2.45) is 0 Å². The average molecular weight is 336 g/mol. The molecule has 25 heavy (non-hydrogen) atoms. The fourth-order valence-electron chi connectivity index (χ4n) is 3.10. The molecule has 0 spiro atoms. The highest BCUT2D eigenvalue weighted by Gasteiger charge is 2.25. The van der Waals surface area contributed by atoms with Crippen LogP contribution in [0.25, 0.3) is 16.7 Å². The first-order valence-corrected chi connectivity index (χ1v) is 8.88. The summed E-state index contributed by atoms with van der Waals surface area (Å²) < 4.78 is 1.84. The van der Waals surface area contributed by atoms with E-state index in [0.29, 0.717) is 12.6 Å². The Hall–Kier alpha value is -2.40. The van der Waals surface area contributed by atoms with Crippen LogP contribution in [-0.2, 0) is 12.0 Å². The lowest BCUT2D eigenvalue weighted by molar-refractivity contribution is 0.565. The van der Waals surface area contributed by atoms with E-state index < -0.39 is 0 Å². The summed E-state index contributed by atoms with van der Waals surface area (Å²) in [7, 11) is 0. The number of para-hydroxylation sites is 1. The van der Waals surface area contributed by atoms with Crippen molar-refractivity contribution in [2.45, 2.75) is 51.6 Å². The molecular weight excluding hydrogens is 312 g/mol. The van der Waals surface area contributed by atoms with E-state index in [1.807, 2.05) is 41.1 Å². The van der Waals surface area contributed by atoms with Gasteiger partial charge in [0.25, 0.3) is 5.56 Å². The fourth-order valence-corrected chi connectivity index (χ4v) is 3.10. The molecule has 0 saturated heterocycles. The molecule has 0 unspecified atom stereocenters. The molecule has 1 aromatic carbocycles. The molecule has 0 amide bonds. The minimum atomic E-state index is -0.113. The third-order valence-electron chi connectivity index (χ3n) is 4.63. The lowest BCUT2D eigenvalue weighted by Gasteiger charge is -2.15. The molecule has 2 heterocycles. The molecule has 2 aromatic heterocycles. The standard InChI is InChI=1S/C20H24N4O/c1-20(2,3)17-16-11-13(12-21-14-9-10-14)19(25)22-18(16)24(23-17)15-7-5-4-6-8-15/h4-8,11,14,21H,9-10,12H2,1-3H3,(H,22,25). The van der Waals surface area contributed by atoms with Crippen molar-refractivity contribution in [3.8, 4) is 5.69 Å². The minimum absolute atomic E-state index is 0.0433. The van der Waals surface area contributed by atoms with Crippen LogP contribution in [0, 0.1) is 0 Å². The van der Waals surface area contributed by atoms with Crippen molar-refractivity contribution in [1.82, 2.24) is 20.1 Å². The van der Waals surface area contributed by atoms with E-state index in [4.69, 9.17) is 5.10 Å². The van der Waals surface area contributed by atoms with Crippen LogP contribution in [-0.4, -0.2) is 20.8 Å². The quantitative estimate of drug-likeness (QED) is 0.769. The molecule has 0 bridgehead atoms. The molecule has 0 aliphatic heterocycles. The maximum Gasteiger partial charge on any atom is 0.254 e. The van der Waals surface area contributed by atoms with E-state index >= 15 is 0 Å². The Labute approximate surface area is 147 Å². The number of aromatic nitrogens is 3. The Balaban J connectivity index is 1.89. The maximum absolute atomic E-state index is 12.6. The van der Waals surface area contributed by atoms with Crippen LogP contribution in [0.15, 0.2) is 41.2 Å². The molecule has 5 heteroatoms. The Morgan fingerprint density at radius 1 is 1.24 bits per heavy atom. The predicted octanol–water partition coefficient (Wildman–Crippen LogP) is 3.26. The molecule has 1 saturated carbocycles. The molecule has 1 aliphatic carbocycles. The molecule has 0 radical (unpaired) electrons. The molecule has 5 nitrogen and oxygen atoms in total. The minimum Gasteiger partial charge on any atom is -0.310 e. The molecule has 1 aliphatic rings. The van der Waals surface area contributed by atoms with Crippen LogP contribution < -0.4 is 10.9 Å². The van der Waals surface area contributed by atoms with Gasteiger partial charge in [0.15, 0.2) is 0 Å². The second-order valence-electron chi connectivity index (χ2n) is 7.89. The van der Waals surface area contributed by atoms with Gasteiger partial charge in [0.05, 0.1) is 11.4 Å². The van der Waals surface area contributed by atoms with Gasteiger partial charge in [-0.05, 0) is 31.0 Å². The van der Waals surface area contributed by atoms with E-state index in [9.17, 15) is 4.79 Å². The number of hydrogen-bond donors (Lipinski definition) is 2. The maximum atomic E-state index is 12.6. The van der Waals surface area contributed by atoms with E-state index in [1.54, 1.807) is 0 Å². The second kappa shape index (κ2) is 5.85. The summed E-state index contributed by atoms with van der Waals surface area (Å²) in [5.74, 6) is 0. The summed E-state index contributed by atoms with van der Waals surface area (Å²) in [6.07, 6.45) is 2.42. The zero-order valence-electron chi connectivity index (χ0n) is 15.0. The molecule has 1 fully saturated rings. The molecular formula is C20H24N4O. The number of nitrogens with zero attached hydrogens (tertiary/aromatic N) is 2. The molecule has 0 atom stereocenters. The first-order chi connectivity index (χ1) is 11.9. The van der Waals surface area contributed by atoms with Crippen molar-refractivity contribution in [3.63, 3.8) is 0 Å². The third-order valence-corrected chi connectivity index (χ3v) is 4.63. The Kier molecular flexibility index (Phi) is 3.76. The van der Waals surface area contributed by atoms with Gasteiger partial charge in [0, 0.05) is 29.0 Å². The smallest absolute Gasteiger partial charge is 0.254 e. The van der Waals surface area contributed by atoms with Crippen molar-refractivity contribution in [1.29, 1.82) is 0 Å². The fraction of sp³-hybridized carbons (Fsp3) is 0.400. The van der Waals surface area contributed by atoms with Gasteiger partial charge in [0.1, 0.15) is 5.65 Å². The zero-order chi connectivity index (χ0) is 17.6. The number of rotatable bonds is 4. The van der Waals surface area contributed by atoms with Gasteiger partial charge in [-0.1, -0.05) is 39.0 Å². The Morgan fingerprint density at radius 3 is 2.60 bits per heavy atom. The van der Waals surface area contributed by atoms with Gasteiger partial charge in [0.2, 0.25) is 0 Å². The number of fused-ring (bicyclic) bond motifs is 1. The summed E-state index contributed by atoms with van der Waals surface area (Å²) >= 11 is 0. The van der Waals surface area contributed by atoms with Gasteiger partial charge < -0.3 is 10.3 Å². The van der Waals surface area contributed by atoms with Gasteiger partial charge in [-0.2, -0.15) is 5.10 Å². The number of nitrogens with one attached hydrogen (secondary N) is 2. The summed E-state index contributed by atoms with van der Waals surface area (Å²) in [5, 5.41) is 9.29. The van der Waals surface area contributed by atoms with Gasteiger partial charge in [-0.15, -0.1) is 0 Å². The summed E-state index contributed by atoms with van der Waals surface area (Å²) in [5.41, 5.74) is 3.32. The second-order valence-corrected chi connectivity index (χ2v) is 7.89. The van der Waals surface area contributed by atoms with Gasteiger partial charge >= 0.3 is 0 Å². The van der Waals surface area contributed by atoms with E-state index in [-0.39, 0.29) is 11.0 Å². The predicted molar refractivity (Wildman–Crippen MR) is 100 cm³/mol. The highest BCUT2D eigenvalue weighted by Crippen LogP contribution is 2.30. The lowest BCUT2D eigenvalue weighted by atomic mass is 9.90. The van der Waals surface area contributed by atoms with Crippen molar-refractivity contribution in [2.75, 3.05) is 0 Å². The molecule has 3 aromatic rings. The topological polar surface area (TPSA) is 62.7 Å². The Morgan fingerprint density at radius 2 is 1.96 bits per heavy atom. The lowest BCUT2D eigenvalue weighted by Crippen LogP contribution is -2.22. The third kappa shape index (κ3) is 3.12. The van der Waals surface area contributed by atoms with E-state index in [2.05, 4.69) is 31.1 Å². The number of aromatic amines is 1. The normalized spacial score (nSPS) is 15.0. The van der Waals surface area contributed by atoms with Gasteiger partial charge in [-0.25, -0.2) is 4.68 Å². The van der Waals surface area contributed by atoms with Gasteiger partial charge in [-0.3, -0.25) is 4.79 Å². The zero-order valence-corrected chi connectivity index (χ0v) is 15.0. The van der Waals surface area contributed by atoms with Crippen LogP contribution in [0.4, 0.5) is 0 Å². The molecule has 2 N–H and O–H groups in total. The number of pyridine rings is 1. The highest BCUT2D eigenvalue weighted by atomic mass is 16.1. The number of H-pyrrole nitrogens is 1. The average Bonchev–Trinajstić information content (AvgIpc) is 3.32. The van der Waals surface area contributed by atoms with Crippen LogP contribution in [0.5, 0.6) is 0 Å². The summed E-state index contributed by atoms with van der Waals surface area (Å²) in [6.45, 7) is 7.06. The monoisotopic (exact) mass is 336 g/mol. The Bertz CT molecular complexity index is 959. The van der Waals surface area contributed by atoms with Crippen molar-refractivity contribution >= 4 is 11.0 Å². The first-order valence-electron chi connectivity index (χ1n) is 8.88. The van der Waals surface area contributed by atoms with Crippen LogP contribution >= 0.6 is 0 Å². The van der Waals surface area contributed by atoms with Crippen molar-refractivity contribution < 1.29 is 0 Å². The number of benzene rings is 1. The van der Waals surface area contributed by atoms with Crippen LogP contribution in [0.1, 0.15) is 44.9 Å². The first kappa shape index (κ1) is 16.1. The highest BCUT2D eigenvalue weighted by molar-refractivity contribution is 5.81. The van der Waals surface area contributed by atoms with Crippen LogP contribution in [0.3, 0.4) is 0 Å². The van der Waals surface area contributed by atoms with Crippen LogP contribution in [0.2, 0.25) is 0 Å². The van der Waals surface area contributed by atoms with Crippen molar-refractivity contribution in [3.05, 3.63) is 58.0 Å². The van der Waals surface area contributed by atoms with E-state index in [1.165, 1.54) is 12.8 Å². The summed E-state index contributed by atoms with van der Waals surface area (Å²) in [4.78, 5) is 15.6. The SMILES string of the molecule is CC(C)(C)c1nn(-c2ccccc2)c2[nH]c(=O)c(CNC3CC3)cc12. The van der Waals surface area contributed by atoms with E-state index in [0.717, 1.165) is 28.0 Å². The summed E-state index contributed by atoms with van der Waals surface area (Å²) in [6, 6.07) is 12.5. The molecule has 130 valence electrons.